The minimum Gasteiger partial charge on any atom is -0.490 e. The highest BCUT2D eigenvalue weighted by molar-refractivity contribution is 5.46. The first-order chi connectivity index (χ1) is 9.42. The fraction of sp³-hybridized carbons (Fsp3) is 0.385. The van der Waals surface area contributed by atoms with Crippen molar-refractivity contribution in [3.8, 4) is 17.6 Å². The first kappa shape index (κ1) is 16.3. The number of aliphatic hydroxyl groups is 1. The molecule has 0 unspecified atom stereocenters. The third kappa shape index (κ3) is 6.41. The summed E-state index contributed by atoms with van der Waals surface area (Å²) in [6.45, 7) is -1.16. The van der Waals surface area contributed by atoms with Crippen LogP contribution in [0, 0.1) is 17.7 Å². The van der Waals surface area contributed by atoms with Crippen LogP contribution < -0.4 is 4.74 Å². The molecule has 0 fully saturated rings. The van der Waals surface area contributed by atoms with E-state index in [1.165, 1.54) is 6.07 Å². The molecule has 0 bridgehead atoms. The molecule has 7 heteroatoms. The Balaban J connectivity index is 2.63. The predicted molar refractivity (Wildman–Crippen MR) is 62.5 cm³/mol. The maximum atomic E-state index is 13.1. The molecule has 1 N–H and O–H groups in total. The van der Waals surface area contributed by atoms with E-state index in [0.29, 0.717) is 0 Å². The highest BCUT2D eigenvalue weighted by atomic mass is 19.4. The first-order valence-corrected chi connectivity index (χ1v) is 5.65. The van der Waals surface area contributed by atoms with Gasteiger partial charge in [-0.25, -0.2) is 4.39 Å². The maximum Gasteiger partial charge on any atom is 0.522 e. The number of halogens is 4. The van der Waals surface area contributed by atoms with Gasteiger partial charge in [0, 0.05) is 6.42 Å². The molecule has 0 saturated heterocycles. The summed E-state index contributed by atoms with van der Waals surface area (Å²) in [6, 6.07) is 3.48. The standard InChI is InChI=1S/C13H12F4O3/c14-11-4-5-12(10(9-11)3-1-2-6-18)19-7-8-20-13(15,16)17/h4-5,9,18H,2,6-8H2. The van der Waals surface area contributed by atoms with Gasteiger partial charge in [-0.15, -0.1) is 13.2 Å². The highest BCUT2D eigenvalue weighted by Crippen LogP contribution is 2.20. The van der Waals surface area contributed by atoms with Crippen LogP contribution in [-0.4, -0.2) is 31.3 Å². The normalized spacial score (nSPS) is 10.8. The molecule has 3 nitrogen and oxygen atoms in total. The molecule has 1 rings (SSSR count). The van der Waals surface area contributed by atoms with Crippen molar-refractivity contribution < 1.29 is 32.1 Å². The van der Waals surface area contributed by atoms with E-state index in [1.54, 1.807) is 0 Å². The number of ether oxygens (including phenoxy) is 2. The molecular weight excluding hydrogens is 280 g/mol. The summed E-state index contributed by atoms with van der Waals surface area (Å²) in [4.78, 5) is 0. The van der Waals surface area contributed by atoms with E-state index in [9.17, 15) is 17.6 Å². The lowest BCUT2D eigenvalue weighted by Gasteiger charge is -2.10. The van der Waals surface area contributed by atoms with E-state index < -0.39 is 18.8 Å². The zero-order chi connectivity index (χ0) is 15.0. The average Bonchev–Trinajstić information content (AvgIpc) is 2.36. The molecule has 0 aliphatic heterocycles. The van der Waals surface area contributed by atoms with Crippen molar-refractivity contribution in [3.63, 3.8) is 0 Å². The quantitative estimate of drug-likeness (QED) is 0.515. The summed E-state index contributed by atoms with van der Waals surface area (Å²) in [7, 11) is 0. The molecule has 0 spiro atoms. The molecule has 0 aliphatic carbocycles. The Bertz CT molecular complexity index is 489. The third-order valence-electron chi connectivity index (χ3n) is 2.01. The topological polar surface area (TPSA) is 38.7 Å². The average molecular weight is 292 g/mol. The minimum absolute atomic E-state index is 0.141. The van der Waals surface area contributed by atoms with Gasteiger partial charge in [0.15, 0.2) is 0 Å². The zero-order valence-corrected chi connectivity index (χ0v) is 10.3. The van der Waals surface area contributed by atoms with E-state index in [0.717, 1.165) is 12.1 Å². The van der Waals surface area contributed by atoms with Crippen LogP contribution in [0.3, 0.4) is 0 Å². The van der Waals surface area contributed by atoms with Gasteiger partial charge in [0.2, 0.25) is 0 Å². The SMILES string of the molecule is OCCC#Cc1cc(F)ccc1OCCOC(F)(F)F. The number of aliphatic hydroxyl groups excluding tert-OH is 1. The van der Waals surface area contributed by atoms with Gasteiger partial charge in [-0.1, -0.05) is 11.8 Å². The van der Waals surface area contributed by atoms with Crippen molar-refractivity contribution in [2.24, 2.45) is 0 Å². The van der Waals surface area contributed by atoms with Gasteiger partial charge in [-0.3, -0.25) is 4.74 Å². The lowest BCUT2D eigenvalue weighted by atomic mass is 10.2. The predicted octanol–water partition coefficient (Wildman–Crippen LogP) is 2.47. The molecule has 1 aromatic rings. The van der Waals surface area contributed by atoms with Crippen LogP contribution in [0.15, 0.2) is 18.2 Å². The van der Waals surface area contributed by atoms with Crippen molar-refractivity contribution in [3.05, 3.63) is 29.6 Å². The van der Waals surface area contributed by atoms with Crippen molar-refractivity contribution in [1.29, 1.82) is 0 Å². The summed E-state index contributed by atoms with van der Waals surface area (Å²) in [5.74, 6) is 4.76. The second kappa shape index (κ2) is 7.72. The molecule has 0 saturated carbocycles. The van der Waals surface area contributed by atoms with Gasteiger partial charge in [0.05, 0.1) is 18.8 Å². The Kier molecular flexibility index (Phi) is 6.28. The summed E-state index contributed by atoms with van der Waals surface area (Å²) in [6.07, 6.45) is -4.51. The second-order valence-corrected chi connectivity index (χ2v) is 3.56. The van der Waals surface area contributed by atoms with E-state index in [-0.39, 0.29) is 30.9 Å². The van der Waals surface area contributed by atoms with E-state index in [2.05, 4.69) is 16.6 Å². The Labute approximate surface area is 113 Å². The van der Waals surface area contributed by atoms with Crippen molar-refractivity contribution in [2.75, 3.05) is 19.8 Å². The van der Waals surface area contributed by atoms with E-state index in [4.69, 9.17) is 9.84 Å². The van der Waals surface area contributed by atoms with Crippen LogP contribution in [-0.2, 0) is 4.74 Å². The number of hydrogen-bond acceptors (Lipinski definition) is 3. The second-order valence-electron chi connectivity index (χ2n) is 3.56. The zero-order valence-electron chi connectivity index (χ0n) is 10.3. The molecule has 0 heterocycles. The fourth-order valence-corrected chi connectivity index (χ4v) is 1.25. The smallest absolute Gasteiger partial charge is 0.490 e. The van der Waals surface area contributed by atoms with Crippen LogP contribution in [0.5, 0.6) is 5.75 Å². The first-order valence-electron chi connectivity index (χ1n) is 5.65. The van der Waals surface area contributed by atoms with Gasteiger partial charge in [0.1, 0.15) is 18.2 Å². The summed E-state index contributed by atoms with van der Waals surface area (Å²) >= 11 is 0. The van der Waals surface area contributed by atoms with Gasteiger partial charge in [0.25, 0.3) is 0 Å². The van der Waals surface area contributed by atoms with E-state index in [1.807, 2.05) is 0 Å². The highest BCUT2D eigenvalue weighted by Gasteiger charge is 2.28. The van der Waals surface area contributed by atoms with Crippen LogP contribution in [0.2, 0.25) is 0 Å². The molecule has 1 aromatic carbocycles. The molecule has 0 radical (unpaired) electrons. The van der Waals surface area contributed by atoms with Crippen LogP contribution in [0.4, 0.5) is 17.6 Å². The minimum atomic E-state index is -4.71. The lowest BCUT2D eigenvalue weighted by Crippen LogP contribution is -2.18. The van der Waals surface area contributed by atoms with Crippen molar-refractivity contribution in [2.45, 2.75) is 12.8 Å². The van der Waals surface area contributed by atoms with Crippen molar-refractivity contribution >= 4 is 0 Å². The Hall–Kier alpha value is -1.78. The Morgan fingerprint density at radius 3 is 2.60 bits per heavy atom. The Morgan fingerprint density at radius 1 is 1.20 bits per heavy atom. The molecule has 20 heavy (non-hydrogen) atoms. The number of alkyl halides is 3. The molecule has 0 aromatic heterocycles. The molecular formula is C13H12F4O3. The van der Waals surface area contributed by atoms with Gasteiger partial charge >= 0.3 is 6.36 Å². The fourth-order valence-electron chi connectivity index (χ4n) is 1.25. The monoisotopic (exact) mass is 292 g/mol. The van der Waals surface area contributed by atoms with Crippen LogP contribution in [0.25, 0.3) is 0 Å². The van der Waals surface area contributed by atoms with Gasteiger partial charge in [-0.05, 0) is 18.2 Å². The summed E-state index contributed by atoms with van der Waals surface area (Å²) in [5, 5.41) is 8.59. The molecule has 0 aliphatic rings. The molecule has 110 valence electrons. The molecule has 0 atom stereocenters. The largest absolute Gasteiger partial charge is 0.522 e. The maximum absolute atomic E-state index is 13.1. The van der Waals surface area contributed by atoms with Crippen LogP contribution >= 0.6 is 0 Å². The number of rotatable bonds is 5. The third-order valence-corrected chi connectivity index (χ3v) is 2.01. The summed E-state index contributed by atoms with van der Waals surface area (Å²) in [5.41, 5.74) is 0.199. The molecule has 0 amide bonds. The van der Waals surface area contributed by atoms with Gasteiger partial charge in [-0.2, -0.15) is 0 Å². The van der Waals surface area contributed by atoms with Crippen LogP contribution in [0.1, 0.15) is 12.0 Å². The van der Waals surface area contributed by atoms with Crippen molar-refractivity contribution in [1.82, 2.24) is 0 Å². The number of hydrogen-bond donors (Lipinski definition) is 1. The number of benzene rings is 1. The summed E-state index contributed by atoms with van der Waals surface area (Å²) < 4.78 is 56.9. The van der Waals surface area contributed by atoms with E-state index >= 15 is 0 Å². The van der Waals surface area contributed by atoms with Gasteiger partial charge < -0.3 is 9.84 Å². The Morgan fingerprint density at radius 2 is 1.95 bits per heavy atom. The lowest BCUT2D eigenvalue weighted by molar-refractivity contribution is -0.325.